The number of hydrogen-bond acceptors (Lipinski definition) is 7. The fraction of sp³-hybridized carbons (Fsp3) is 0.286. The molecule has 0 atom stereocenters. The number of anilines is 1. The second-order valence-electron chi connectivity index (χ2n) is 7.54. The van der Waals surface area contributed by atoms with Gasteiger partial charge in [0.05, 0.1) is 23.2 Å². The predicted octanol–water partition coefficient (Wildman–Crippen LogP) is 0.201. The summed E-state index contributed by atoms with van der Waals surface area (Å²) < 4.78 is 38.0. The fourth-order valence-electron chi connectivity index (χ4n) is 3.66. The summed E-state index contributed by atoms with van der Waals surface area (Å²) in [6, 6.07) is 15.3. The first-order chi connectivity index (χ1) is 14.7. The molecule has 32 heavy (non-hydrogen) atoms. The summed E-state index contributed by atoms with van der Waals surface area (Å²) in [7, 11) is -4.04. The third-order valence-electron chi connectivity index (χ3n) is 5.07. The van der Waals surface area contributed by atoms with Crippen molar-refractivity contribution < 1.29 is 61.7 Å². The third-order valence-corrected chi connectivity index (χ3v) is 6.44. The van der Waals surface area contributed by atoms with Gasteiger partial charge in [-0.15, -0.1) is 0 Å². The molecule has 3 rings (SSSR count). The van der Waals surface area contributed by atoms with Crippen molar-refractivity contribution in [2.45, 2.75) is 30.6 Å². The molecule has 166 valence electrons. The van der Waals surface area contributed by atoms with Gasteiger partial charge < -0.3 is 10.6 Å². The van der Waals surface area contributed by atoms with Gasteiger partial charge in [-0.1, -0.05) is 18.2 Å². The first-order valence-electron chi connectivity index (χ1n) is 9.58. The summed E-state index contributed by atoms with van der Waals surface area (Å²) in [5, 5.41) is 16.8. The van der Waals surface area contributed by atoms with Crippen molar-refractivity contribution >= 4 is 39.2 Å². The maximum Gasteiger partial charge on any atom is 1.00 e. The van der Waals surface area contributed by atoms with E-state index in [1.165, 1.54) is 0 Å². The van der Waals surface area contributed by atoms with Gasteiger partial charge in [0, 0.05) is 40.9 Å². The second kappa shape index (κ2) is 11.8. The molecule has 0 unspecified atom stereocenters. The minimum absolute atomic E-state index is 0. The van der Waals surface area contributed by atoms with Crippen LogP contribution in [0.15, 0.2) is 65.7 Å². The van der Waals surface area contributed by atoms with E-state index in [4.69, 9.17) is 4.55 Å². The zero-order valence-corrected chi connectivity index (χ0v) is 21.8. The molecule has 8 nitrogen and oxygen atoms in total. The Morgan fingerprint density at radius 1 is 1.22 bits per heavy atom. The summed E-state index contributed by atoms with van der Waals surface area (Å²) in [6.07, 6.45) is 4.07. The maximum absolute atomic E-state index is 11.2. The van der Waals surface area contributed by atoms with Crippen molar-refractivity contribution in [2.75, 3.05) is 17.6 Å². The summed E-state index contributed by atoms with van der Waals surface area (Å²) >= 11 is 0.821. The zero-order valence-electron chi connectivity index (χ0n) is 18.1. The average Bonchev–Trinajstić information content (AvgIpc) is 2.93. The van der Waals surface area contributed by atoms with E-state index in [0.717, 1.165) is 34.7 Å². The van der Waals surface area contributed by atoms with Crippen LogP contribution in [0.5, 0.6) is 0 Å². The standard InChI is InChI=1S/C21H24N2O6S2.Na/c1-21(2)18-15-17(30-29-28-24)9-10-19(18)23(13-6-14-31(25,26)27)20(21)11-12-22-16-7-4-3-5-8-16;/h3-5,7-12,15H,6,13-14H2,1-2H3,(H2,24,25,26,27);/q;+1. The number of benzene rings is 2. The van der Waals surface area contributed by atoms with Crippen molar-refractivity contribution in [1.29, 1.82) is 0 Å². The van der Waals surface area contributed by atoms with Crippen LogP contribution >= 0.6 is 12.0 Å². The Morgan fingerprint density at radius 2 is 1.94 bits per heavy atom. The van der Waals surface area contributed by atoms with Crippen LogP contribution < -0.4 is 40.1 Å². The first-order valence-corrected chi connectivity index (χ1v) is 11.9. The van der Waals surface area contributed by atoms with Gasteiger partial charge in [0.1, 0.15) is 6.54 Å². The second-order valence-corrected chi connectivity index (χ2v) is 9.89. The number of fused-ring (bicyclic) bond motifs is 1. The van der Waals surface area contributed by atoms with Crippen molar-refractivity contribution in [3.8, 4) is 0 Å². The van der Waals surface area contributed by atoms with Crippen molar-refractivity contribution in [3.63, 3.8) is 0 Å². The minimum Gasteiger partial charge on any atom is -0.691 e. The van der Waals surface area contributed by atoms with Crippen molar-refractivity contribution in [1.82, 2.24) is 0 Å². The average molecular weight is 488 g/mol. The molecule has 2 aromatic rings. The van der Waals surface area contributed by atoms with Crippen LogP contribution in [-0.2, 0) is 24.9 Å². The number of nitrogens with one attached hydrogen (secondary N) is 1. The van der Waals surface area contributed by atoms with Crippen LogP contribution in [0.2, 0.25) is 0 Å². The topological polar surface area (TPSA) is 111 Å². The third kappa shape index (κ3) is 6.89. The first kappa shape index (κ1) is 27.0. The molecule has 0 spiro atoms. The van der Waals surface area contributed by atoms with E-state index in [-0.39, 0.29) is 41.7 Å². The Bertz CT molecular complexity index is 1090. The van der Waals surface area contributed by atoms with Crippen LogP contribution in [-0.4, -0.2) is 35.6 Å². The molecule has 11 heteroatoms. The van der Waals surface area contributed by atoms with E-state index in [1.54, 1.807) is 6.07 Å². The van der Waals surface area contributed by atoms with Gasteiger partial charge in [-0.25, -0.2) is 0 Å². The molecular formula is C21H24N2NaO6S2+. The number of hydrogen-bond donors (Lipinski definition) is 2. The van der Waals surface area contributed by atoms with Gasteiger partial charge in [0.15, 0.2) is 5.71 Å². The Kier molecular flexibility index (Phi) is 9.95. The Morgan fingerprint density at radius 3 is 2.59 bits per heavy atom. The molecule has 0 saturated heterocycles. The Hall–Kier alpha value is -1.21. The molecule has 0 amide bonds. The molecule has 0 aromatic heterocycles. The minimum atomic E-state index is -4.04. The molecule has 1 aliphatic rings. The van der Waals surface area contributed by atoms with E-state index in [1.807, 2.05) is 59.3 Å². The van der Waals surface area contributed by atoms with E-state index >= 15 is 0 Å². The summed E-state index contributed by atoms with van der Waals surface area (Å²) in [5.41, 5.74) is 3.42. The molecule has 2 N–H and O–H groups in total. The van der Waals surface area contributed by atoms with Crippen LogP contribution in [0.25, 0.3) is 0 Å². The largest absolute Gasteiger partial charge is 1.00 e. The molecule has 1 heterocycles. The predicted molar refractivity (Wildman–Crippen MR) is 118 cm³/mol. The monoisotopic (exact) mass is 487 g/mol. The van der Waals surface area contributed by atoms with Gasteiger partial charge in [0.25, 0.3) is 10.1 Å². The number of rotatable bonds is 10. The van der Waals surface area contributed by atoms with Gasteiger partial charge in [-0.3, -0.25) is 9.59 Å². The van der Waals surface area contributed by atoms with E-state index < -0.39 is 15.5 Å². The molecule has 2 aromatic carbocycles. The summed E-state index contributed by atoms with van der Waals surface area (Å²) in [5.74, 6) is -0.318. The van der Waals surface area contributed by atoms with Crippen molar-refractivity contribution in [2.24, 2.45) is 0 Å². The fourth-order valence-corrected chi connectivity index (χ4v) is 4.55. The number of allylic oxidation sites excluding steroid dienone is 1. The molecule has 0 radical (unpaired) electrons. The molecule has 0 fully saturated rings. The Balaban J connectivity index is 0.00000363. The van der Waals surface area contributed by atoms with Crippen LogP contribution in [0.4, 0.5) is 11.4 Å². The number of nitrogens with zero attached hydrogens (tertiary/aromatic N) is 1. The molecule has 0 aliphatic carbocycles. The molecular weight excluding hydrogens is 463 g/mol. The summed E-state index contributed by atoms with van der Waals surface area (Å²) in [6.45, 7) is 4.54. The van der Waals surface area contributed by atoms with Crippen molar-refractivity contribution in [3.05, 3.63) is 66.4 Å². The van der Waals surface area contributed by atoms with Gasteiger partial charge in [-0.2, -0.15) is 17.3 Å². The summed E-state index contributed by atoms with van der Waals surface area (Å²) in [4.78, 5) is 0.702. The van der Waals surface area contributed by atoms with Crippen LogP contribution in [0, 0.1) is 0 Å². The zero-order chi connectivity index (χ0) is 22.5. The van der Waals surface area contributed by atoms with Crippen LogP contribution in [0.3, 0.4) is 0 Å². The Labute approximate surface area is 214 Å². The van der Waals surface area contributed by atoms with Crippen LogP contribution in [0.1, 0.15) is 25.8 Å². The van der Waals surface area contributed by atoms with E-state index in [2.05, 4.69) is 28.5 Å². The van der Waals surface area contributed by atoms with Gasteiger partial charge in [0.2, 0.25) is 5.69 Å². The smallest absolute Gasteiger partial charge is 0.691 e. The molecule has 0 saturated carbocycles. The van der Waals surface area contributed by atoms with Gasteiger partial charge >= 0.3 is 29.6 Å². The normalized spacial score (nSPS) is 15.0. The maximum atomic E-state index is 11.2. The molecule has 1 aliphatic heterocycles. The molecule has 0 bridgehead atoms. The SMILES string of the molecule is CC1(C)C(/C=C/Nc2ccccc2)=[N+](CCCS(=O)(=O)O)c2ccc(SOO[O-])cc21.[Na+]. The number of para-hydroxylation sites is 1. The van der Waals surface area contributed by atoms with E-state index in [9.17, 15) is 13.7 Å². The van der Waals surface area contributed by atoms with E-state index in [0.29, 0.717) is 11.4 Å². The quantitative estimate of drug-likeness (QED) is 0.122. The van der Waals surface area contributed by atoms with Gasteiger partial charge in [-0.05, 0) is 38.1 Å².